The summed E-state index contributed by atoms with van der Waals surface area (Å²) in [6, 6.07) is 9.23. The van der Waals surface area contributed by atoms with Crippen molar-refractivity contribution in [3.05, 3.63) is 41.9 Å². The normalized spacial score (nSPS) is 11.0. The SMILES string of the molecule is Cn1c(CCC(N)=O)nnc1SCC(=O)c1cc2ccccc2o1. The number of thioether (sulfide) groups is 1. The summed E-state index contributed by atoms with van der Waals surface area (Å²) in [6.07, 6.45) is 0.644. The van der Waals surface area contributed by atoms with E-state index >= 15 is 0 Å². The Morgan fingerprint density at radius 2 is 2.08 bits per heavy atom. The molecule has 0 bridgehead atoms. The van der Waals surface area contributed by atoms with E-state index in [2.05, 4.69) is 10.2 Å². The van der Waals surface area contributed by atoms with E-state index < -0.39 is 0 Å². The third-order valence-electron chi connectivity index (χ3n) is 3.55. The Bertz CT molecular complexity index is 867. The summed E-state index contributed by atoms with van der Waals surface area (Å²) in [6.45, 7) is 0. The molecule has 0 atom stereocenters. The van der Waals surface area contributed by atoms with Crippen molar-refractivity contribution in [2.45, 2.75) is 18.0 Å². The molecule has 0 aliphatic heterocycles. The molecule has 7 nitrogen and oxygen atoms in total. The fourth-order valence-electron chi connectivity index (χ4n) is 2.24. The number of hydrogen-bond acceptors (Lipinski definition) is 6. The molecular weight excluding hydrogens is 328 g/mol. The first-order chi connectivity index (χ1) is 11.5. The molecule has 0 unspecified atom stereocenters. The Hall–Kier alpha value is -2.61. The van der Waals surface area contributed by atoms with Gasteiger partial charge in [0.15, 0.2) is 10.9 Å². The zero-order valence-corrected chi connectivity index (χ0v) is 13.9. The molecule has 0 fully saturated rings. The van der Waals surface area contributed by atoms with Crippen molar-refractivity contribution in [3.8, 4) is 0 Å². The van der Waals surface area contributed by atoms with Crippen LogP contribution < -0.4 is 5.73 Å². The van der Waals surface area contributed by atoms with Gasteiger partial charge in [-0.25, -0.2) is 0 Å². The van der Waals surface area contributed by atoms with Crippen LogP contribution in [-0.4, -0.2) is 32.2 Å². The Morgan fingerprint density at radius 3 is 2.83 bits per heavy atom. The highest BCUT2D eigenvalue weighted by atomic mass is 32.2. The molecule has 0 spiro atoms. The van der Waals surface area contributed by atoms with Gasteiger partial charge < -0.3 is 14.7 Å². The molecule has 0 radical (unpaired) electrons. The lowest BCUT2D eigenvalue weighted by Crippen LogP contribution is -2.13. The van der Waals surface area contributed by atoms with Crippen LogP contribution in [0.15, 0.2) is 39.9 Å². The standard InChI is InChI=1S/C16H16N4O3S/c1-20-15(7-6-14(17)22)18-19-16(20)24-9-11(21)13-8-10-4-2-3-5-12(10)23-13/h2-5,8H,6-7,9H2,1H3,(H2,17,22). The van der Waals surface area contributed by atoms with Gasteiger partial charge in [0.05, 0.1) is 5.75 Å². The molecule has 0 aliphatic carbocycles. The minimum Gasteiger partial charge on any atom is -0.453 e. The summed E-state index contributed by atoms with van der Waals surface area (Å²) in [5.74, 6) is 0.694. The molecule has 124 valence electrons. The summed E-state index contributed by atoms with van der Waals surface area (Å²) < 4.78 is 7.32. The van der Waals surface area contributed by atoms with Crippen molar-refractivity contribution < 1.29 is 14.0 Å². The van der Waals surface area contributed by atoms with Crippen molar-refractivity contribution in [1.29, 1.82) is 0 Å². The van der Waals surface area contributed by atoms with Gasteiger partial charge in [0.2, 0.25) is 11.7 Å². The van der Waals surface area contributed by atoms with Crippen LogP contribution >= 0.6 is 11.8 Å². The number of primary amides is 1. The topological polar surface area (TPSA) is 104 Å². The Morgan fingerprint density at radius 1 is 1.29 bits per heavy atom. The van der Waals surface area contributed by atoms with E-state index in [1.54, 1.807) is 17.7 Å². The zero-order chi connectivity index (χ0) is 17.1. The average Bonchev–Trinajstić information content (AvgIpc) is 3.14. The van der Waals surface area contributed by atoms with Crippen molar-refractivity contribution in [1.82, 2.24) is 14.8 Å². The van der Waals surface area contributed by atoms with Gasteiger partial charge in [-0.3, -0.25) is 9.59 Å². The maximum atomic E-state index is 12.3. The number of rotatable bonds is 7. The van der Waals surface area contributed by atoms with E-state index in [-0.39, 0.29) is 23.9 Å². The average molecular weight is 344 g/mol. The summed E-state index contributed by atoms with van der Waals surface area (Å²) in [7, 11) is 1.80. The van der Waals surface area contributed by atoms with Crippen LogP contribution in [0.25, 0.3) is 11.0 Å². The number of carbonyl (C=O) groups excluding carboxylic acids is 2. The number of ketones is 1. The van der Waals surface area contributed by atoms with Gasteiger partial charge in [0, 0.05) is 25.3 Å². The summed E-state index contributed by atoms with van der Waals surface area (Å²) >= 11 is 1.28. The van der Waals surface area contributed by atoms with E-state index in [0.717, 1.165) is 5.39 Å². The number of benzene rings is 1. The monoisotopic (exact) mass is 344 g/mol. The van der Waals surface area contributed by atoms with E-state index in [4.69, 9.17) is 10.2 Å². The largest absolute Gasteiger partial charge is 0.453 e. The predicted octanol–water partition coefficient (Wildman–Crippen LogP) is 1.95. The Kier molecular flexibility index (Phi) is 4.66. The van der Waals surface area contributed by atoms with Crippen LogP contribution in [0, 0.1) is 0 Å². The number of furan rings is 1. The van der Waals surface area contributed by atoms with Crippen LogP contribution in [0.3, 0.4) is 0 Å². The Labute approximate surface area is 142 Å². The van der Waals surface area contributed by atoms with Crippen molar-refractivity contribution in [2.24, 2.45) is 12.8 Å². The molecule has 1 amide bonds. The second-order valence-corrected chi connectivity index (χ2v) is 6.23. The van der Waals surface area contributed by atoms with Crippen molar-refractivity contribution >= 4 is 34.4 Å². The molecular formula is C16H16N4O3S. The quantitative estimate of drug-likeness (QED) is 0.519. The second-order valence-electron chi connectivity index (χ2n) is 5.28. The van der Waals surface area contributed by atoms with Crippen LogP contribution in [0.4, 0.5) is 0 Å². The van der Waals surface area contributed by atoms with E-state index in [1.807, 2.05) is 24.3 Å². The summed E-state index contributed by atoms with van der Waals surface area (Å²) in [5, 5.41) is 9.58. The van der Waals surface area contributed by atoms with Crippen LogP contribution in [0.5, 0.6) is 0 Å². The number of hydrogen-bond donors (Lipinski definition) is 1. The fraction of sp³-hybridized carbons (Fsp3) is 0.250. The molecule has 3 aromatic rings. The number of aryl methyl sites for hydroxylation is 1. The number of nitrogens with two attached hydrogens (primary N) is 1. The third kappa shape index (κ3) is 3.48. The van der Waals surface area contributed by atoms with Gasteiger partial charge in [-0.2, -0.15) is 0 Å². The van der Waals surface area contributed by atoms with Gasteiger partial charge in [-0.05, 0) is 12.1 Å². The maximum Gasteiger partial charge on any atom is 0.217 e. The van der Waals surface area contributed by atoms with Crippen molar-refractivity contribution in [2.75, 3.05) is 5.75 Å². The first-order valence-corrected chi connectivity index (χ1v) is 8.34. The minimum absolute atomic E-state index is 0.113. The number of nitrogens with zero attached hydrogens (tertiary/aromatic N) is 3. The molecule has 2 aromatic heterocycles. The zero-order valence-electron chi connectivity index (χ0n) is 13.1. The van der Waals surface area contributed by atoms with E-state index in [9.17, 15) is 9.59 Å². The van der Waals surface area contributed by atoms with Gasteiger partial charge >= 0.3 is 0 Å². The molecule has 24 heavy (non-hydrogen) atoms. The van der Waals surface area contributed by atoms with Crippen LogP contribution in [0.2, 0.25) is 0 Å². The highest BCUT2D eigenvalue weighted by Gasteiger charge is 2.16. The second kappa shape index (κ2) is 6.88. The number of para-hydroxylation sites is 1. The van der Waals surface area contributed by atoms with Crippen molar-refractivity contribution in [3.63, 3.8) is 0 Å². The molecule has 1 aromatic carbocycles. The lowest BCUT2D eigenvalue weighted by atomic mass is 10.2. The Balaban J connectivity index is 1.65. The number of carbonyl (C=O) groups is 2. The number of aromatic nitrogens is 3. The molecule has 0 saturated carbocycles. The first-order valence-electron chi connectivity index (χ1n) is 7.35. The van der Waals surface area contributed by atoms with E-state index in [1.165, 1.54) is 11.8 Å². The number of Topliss-reactive ketones (excluding diaryl/α,β-unsaturated/α-hetero) is 1. The van der Waals surface area contributed by atoms with Gasteiger partial charge in [-0.15, -0.1) is 10.2 Å². The third-order valence-corrected chi connectivity index (χ3v) is 4.57. The van der Waals surface area contributed by atoms with Crippen LogP contribution in [0.1, 0.15) is 22.8 Å². The fourth-order valence-corrected chi connectivity index (χ4v) is 3.04. The lowest BCUT2D eigenvalue weighted by molar-refractivity contribution is -0.118. The predicted molar refractivity (Wildman–Crippen MR) is 89.8 cm³/mol. The number of amides is 1. The molecule has 0 aliphatic rings. The van der Waals surface area contributed by atoms with E-state index in [0.29, 0.717) is 28.7 Å². The molecule has 0 saturated heterocycles. The molecule has 2 N–H and O–H groups in total. The minimum atomic E-state index is -0.382. The highest BCUT2D eigenvalue weighted by Crippen LogP contribution is 2.22. The summed E-state index contributed by atoms with van der Waals surface area (Å²) in [4.78, 5) is 23.1. The number of fused-ring (bicyclic) bond motifs is 1. The maximum absolute atomic E-state index is 12.3. The van der Waals surface area contributed by atoms with Gasteiger partial charge in [0.25, 0.3) is 0 Å². The van der Waals surface area contributed by atoms with Gasteiger partial charge in [0.1, 0.15) is 11.4 Å². The highest BCUT2D eigenvalue weighted by molar-refractivity contribution is 7.99. The first kappa shape index (κ1) is 16.3. The molecule has 2 heterocycles. The molecule has 8 heteroatoms. The molecule has 3 rings (SSSR count). The smallest absolute Gasteiger partial charge is 0.217 e. The summed E-state index contributed by atoms with van der Waals surface area (Å²) in [5.41, 5.74) is 5.83. The van der Waals surface area contributed by atoms with Crippen LogP contribution in [-0.2, 0) is 18.3 Å². The lowest BCUT2D eigenvalue weighted by Gasteiger charge is -2.02. The van der Waals surface area contributed by atoms with Gasteiger partial charge in [-0.1, -0.05) is 30.0 Å².